The second kappa shape index (κ2) is 7.15. The maximum Gasteiger partial charge on any atom is 0.0628 e. The third kappa shape index (κ3) is 3.77. The summed E-state index contributed by atoms with van der Waals surface area (Å²) >= 11 is 12.7. The van der Waals surface area contributed by atoms with Crippen molar-refractivity contribution in [3.63, 3.8) is 0 Å². The Morgan fingerprint density at radius 3 is 2.40 bits per heavy atom. The fraction of sp³-hybridized carbons (Fsp3) is 0.333. The highest BCUT2D eigenvalue weighted by molar-refractivity contribution is 6.30. The average Bonchev–Trinajstić information content (AvgIpc) is 2.46. The third-order valence-electron chi connectivity index (χ3n) is 3.64. The van der Waals surface area contributed by atoms with Crippen molar-refractivity contribution in [2.45, 2.75) is 38.5 Å². The van der Waals surface area contributed by atoms with Crippen LogP contribution in [0.25, 0.3) is 0 Å². The summed E-state index contributed by atoms with van der Waals surface area (Å²) in [6, 6.07) is 14.6. The van der Waals surface area contributed by atoms with E-state index >= 15 is 0 Å². The van der Waals surface area contributed by atoms with Crippen LogP contribution in [0.5, 0.6) is 0 Å². The van der Waals surface area contributed by atoms with Crippen molar-refractivity contribution in [1.29, 1.82) is 0 Å². The van der Waals surface area contributed by atoms with E-state index in [0.717, 1.165) is 24.3 Å². The van der Waals surface area contributed by atoms with E-state index in [1.807, 2.05) is 18.2 Å². The summed E-state index contributed by atoms with van der Waals surface area (Å²) in [4.78, 5) is 0. The summed E-state index contributed by atoms with van der Waals surface area (Å²) in [5, 5.41) is 0.763. The van der Waals surface area contributed by atoms with Crippen molar-refractivity contribution in [2.24, 2.45) is 0 Å². The summed E-state index contributed by atoms with van der Waals surface area (Å²) in [5.41, 5.74) is 5.12. The Morgan fingerprint density at radius 2 is 1.75 bits per heavy atom. The molecule has 0 aliphatic rings. The lowest BCUT2D eigenvalue weighted by Crippen LogP contribution is -2.01. The summed E-state index contributed by atoms with van der Waals surface area (Å²) in [5.74, 6) is 0. The molecule has 20 heavy (non-hydrogen) atoms. The predicted octanol–water partition coefficient (Wildman–Crippen LogP) is 5.99. The quantitative estimate of drug-likeness (QED) is 0.595. The lowest BCUT2D eigenvalue weighted by atomic mass is 9.95. The van der Waals surface area contributed by atoms with E-state index in [-0.39, 0.29) is 5.38 Å². The largest absolute Gasteiger partial charge is 0.117 e. The van der Waals surface area contributed by atoms with Crippen LogP contribution in [0.2, 0.25) is 5.02 Å². The highest BCUT2D eigenvalue weighted by Crippen LogP contribution is 2.30. The molecule has 2 aromatic carbocycles. The molecule has 0 saturated heterocycles. The summed E-state index contributed by atoms with van der Waals surface area (Å²) in [6.45, 7) is 4.35. The molecular weight excluding hydrogens is 287 g/mol. The monoisotopic (exact) mass is 306 g/mol. The number of rotatable bonds is 5. The van der Waals surface area contributed by atoms with Crippen LogP contribution in [0.3, 0.4) is 0 Å². The van der Waals surface area contributed by atoms with Crippen LogP contribution in [-0.2, 0) is 19.3 Å². The first kappa shape index (κ1) is 15.4. The molecule has 0 bridgehead atoms. The topological polar surface area (TPSA) is 0 Å². The van der Waals surface area contributed by atoms with E-state index < -0.39 is 0 Å². The van der Waals surface area contributed by atoms with Gasteiger partial charge in [-0.1, -0.05) is 55.8 Å². The molecule has 0 amide bonds. The summed E-state index contributed by atoms with van der Waals surface area (Å²) < 4.78 is 0. The molecule has 1 atom stereocenters. The van der Waals surface area contributed by atoms with Crippen molar-refractivity contribution in [3.05, 3.63) is 69.7 Å². The van der Waals surface area contributed by atoms with Gasteiger partial charge < -0.3 is 0 Å². The van der Waals surface area contributed by atoms with E-state index in [1.165, 1.54) is 22.3 Å². The van der Waals surface area contributed by atoms with Gasteiger partial charge in [0, 0.05) is 5.02 Å². The fourth-order valence-corrected chi connectivity index (χ4v) is 3.05. The van der Waals surface area contributed by atoms with Crippen molar-refractivity contribution in [2.75, 3.05) is 0 Å². The molecule has 2 rings (SSSR count). The zero-order valence-corrected chi connectivity index (χ0v) is 13.5. The highest BCUT2D eigenvalue weighted by atomic mass is 35.5. The molecule has 2 aromatic rings. The second-order valence-electron chi connectivity index (χ2n) is 5.04. The molecule has 1 unspecified atom stereocenters. The first-order valence-corrected chi connectivity index (χ1v) is 7.95. The Hall–Kier alpha value is -0.980. The normalized spacial score (nSPS) is 12.4. The van der Waals surface area contributed by atoms with Crippen LogP contribution in [0, 0.1) is 0 Å². The molecule has 2 heteroatoms. The van der Waals surface area contributed by atoms with Gasteiger partial charge in [-0.25, -0.2) is 0 Å². The molecule has 0 spiro atoms. The molecular formula is C18H20Cl2. The minimum atomic E-state index is -0.00471. The van der Waals surface area contributed by atoms with Gasteiger partial charge in [0.25, 0.3) is 0 Å². The molecule has 106 valence electrons. The number of alkyl halides is 1. The Balaban J connectivity index is 2.25. The summed E-state index contributed by atoms with van der Waals surface area (Å²) in [7, 11) is 0. The number of benzene rings is 2. The smallest absolute Gasteiger partial charge is 0.0628 e. The Kier molecular flexibility index (Phi) is 5.51. The highest BCUT2D eigenvalue weighted by Gasteiger charge is 2.13. The maximum absolute atomic E-state index is 6.66. The van der Waals surface area contributed by atoms with Gasteiger partial charge in [-0.3, -0.25) is 0 Å². The molecule has 0 aliphatic carbocycles. The van der Waals surface area contributed by atoms with Crippen LogP contribution < -0.4 is 0 Å². The van der Waals surface area contributed by atoms with E-state index in [2.05, 4.69) is 38.1 Å². The molecule has 0 fully saturated rings. The van der Waals surface area contributed by atoms with E-state index in [9.17, 15) is 0 Å². The Bertz CT molecular complexity index is 575. The minimum absolute atomic E-state index is 0.00471. The van der Waals surface area contributed by atoms with Crippen LogP contribution in [0.1, 0.15) is 41.5 Å². The average molecular weight is 307 g/mol. The molecule has 0 heterocycles. The van der Waals surface area contributed by atoms with Crippen LogP contribution in [0.4, 0.5) is 0 Å². The van der Waals surface area contributed by atoms with Crippen molar-refractivity contribution >= 4 is 23.2 Å². The molecule has 0 radical (unpaired) electrons. The van der Waals surface area contributed by atoms with Crippen LogP contribution in [0.15, 0.2) is 42.5 Å². The number of aryl methyl sites for hydroxylation is 2. The Labute approximate surface area is 131 Å². The van der Waals surface area contributed by atoms with Crippen LogP contribution >= 0.6 is 23.2 Å². The van der Waals surface area contributed by atoms with Gasteiger partial charge in [0.15, 0.2) is 0 Å². The van der Waals surface area contributed by atoms with Gasteiger partial charge >= 0.3 is 0 Å². The second-order valence-corrected chi connectivity index (χ2v) is 6.01. The van der Waals surface area contributed by atoms with E-state index in [0.29, 0.717) is 0 Å². The van der Waals surface area contributed by atoms with Gasteiger partial charge in [-0.05, 0) is 53.6 Å². The Morgan fingerprint density at radius 1 is 0.950 bits per heavy atom. The summed E-state index contributed by atoms with van der Waals surface area (Å²) in [6.07, 6.45) is 2.86. The molecule has 0 N–H and O–H groups in total. The number of halogens is 2. The van der Waals surface area contributed by atoms with Gasteiger partial charge in [0.2, 0.25) is 0 Å². The van der Waals surface area contributed by atoms with Gasteiger partial charge in [0.05, 0.1) is 5.38 Å². The third-order valence-corrected chi connectivity index (χ3v) is 4.27. The van der Waals surface area contributed by atoms with Crippen molar-refractivity contribution < 1.29 is 0 Å². The van der Waals surface area contributed by atoms with Crippen LogP contribution in [-0.4, -0.2) is 0 Å². The fourth-order valence-electron chi connectivity index (χ4n) is 2.46. The lowest BCUT2D eigenvalue weighted by molar-refractivity contribution is 0.890. The van der Waals surface area contributed by atoms with E-state index in [4.69, 9.17) is 23.2 Å². The number of hydrogen-bond acceptors (Lipinski definition) is 0. The first-order chi connectivity index (χ1) is 9.63. The SMILES string of the molecule is CCc1ccc(CC)c(C(Cl)Cc2cccc(Cl)c2)c1. The van der Waals surface area contributed by atoms with Gasteiger partial charge in [-0.2, -0.15) is 0 Å². The minimum Gasteiger partial charge on any atom is -0.117 e. The molecule has 0 saturated carbocycles. The van der Waals surface area contributed by atoms with Crippen molar-refractivity contribution in [3.8, 4) is 0 Å². The van der Waals surface area contributed by atoms with Crippen molar-refractivity contribution in [1.82, 2.24) is 0 Å². The van der Waals surface area contributed by atoms with E-state index in [1.54, 1.807) is 0 Å². The molecule has 0 aliphatic heterocycles. The molecule has 0 aromatic heterocycles. The number of hydrogen-bond donors (Lipinski definition) is 0. The zero-order valence-electron chi connectivity index (χ0n) is 12.0. The van der Waals surface area contributed by atoms with Gasteiger partial charge in [0.1, 0.15) is 0 Å². The van der Waals surface area contributed by atoms with Gasteiger partial charge in [-0.15, -0.1) is 11.6 Å². The first-order valence-electron chi connectivity index (χ1n) is 7.14. The standard InChI is InChI=1S/C18H20Cl2/c1-3-13-8-9-15(4-2)17(11-13)18(20)12-14-6-5-7-16(19)10-14/h5-11,18H,3-4,12H2,1-2H3. The zero-order chi connectivity index (χ0) is 14.5. The lowest BCUT2D eigenvalue weighted by Gasteiger charge is -2.16. The maximum atomic E-state index is 6.66. The predicted molar refractivity (Wildman–Crippen MR) is 88.9 cm³/mol. The molecule has 0 nitrogen and oxygen atoms in total.